The zero-order valence-corrected chi connectivity index (χ0v) is 32.1. The van der Waals surface area contributed by atoms with Crippen LogP contribution in [0.25, 0.3) is 27.2 Å². The van der Waals surface area contributed by atoms with Crippen molar-refractivity contribution in [3.05, 3.63) is 125 Å². The molecule has 0 fully saturated rings. The predicted molar refractivity (Wildman–Crippen MR) is 195 cm³/mol. The Bertz CT molecular complexity index is 3030. The molecule has 1 heterocycles. The molecule has 58 heavy (non-hydrogen) atoms. The van der Waals surface area contributed by atoms with Crippen LogP contribution in [0.15, 0.2) is 139 Å². The third-order valence-electron chi connectivity index (χ3n) is 8.08. The first kappa shape index (κ1) is 42.3. The number of rotatable bonds is 8. The van der Waals surface area contributed by atoms with Crippen LogP contribution in [-0.2, 0) is 37.6 Å². The van der Waals surface area contributed by atoms with Crippen LogP contribution in [0.3, 0.4) is 0 Å². The van der Waals surface area contributed by atoms with E-state index in [1.807, 2.05) is 6.07 Å². The summed E-state index contributed by atoms with van der Waals surface area (Å²) in [6.07, 6.45) is 0. The molecule has 22 heteroatoms. The summed E-state index contributed by atoms with van der Waals surface area (Å²) < 4.78 is 70.8. The summed E-state index contributed by atoms with van der Waals surface area (Å²) in [7, 11) is -9.94. The van der Waals surface area contributed by atoms with Crippen LogP contribution in [-0.4, -0.2) is 40.6 Å². The molecule has 0 saturated carbocycles. The van der Waals surface area contributed by atoms with Gasteiger partial charge in [-0.1, -0.05) is 84.0 Å². The van der Waals surface area contributed by atoms with Gasteiger partial charge >= 0.3 is 21.6 Å². The maximum absolute atomic E-state index is 12.5. The molecule has 0 aliphatic carbocycles. The minimum atomic E-state index is -4.97. The van der Waals surface area contributed by atoms with Gasteiger partial charge in [-0.15, -0.1) is 5.11 Å². The fraction of sp³-hybridized carbons (Fsp3) is 0.0278. The Hall–Kier alpha value is -6.80. The summed E-state index contributed by atoms with van der Waals surface area (Å²) >= 11 is 0. The van der Waals surface area contributed by atoms with E-state index < -0.39 is 63.8 Å². The Morgan fingerprint density at radius 2 is 1.26 bits per heavy atom. The number of benzene rings is 6. The molecule has 0 unspecified atom stereocenters. The van der Waals surface area contributed by atoms with Crippen molar-refractivity contribution in [3.63, 3.8) is 0 Å². The number of fused-ring (bicyclic) bond motifs is 2. The van der Waals surface area contributed by atoms with Gasteiger partial charge in [-0.3, -0.25) is 10.1 Å². The monoisotopic (exact) mass is 862 g/mol. The van der Waals surface area contributed by atoms with Crippen LogP contribution >= 0.6 is 0 Å². The van der Waals surface area contributed by atoms with Crippen molar-refractivity contribution >= 4 is 70.2 Å². The van der Waals surface area contributed by atoms with E-state index in [-0.39, 0.29) is 65.9 Å². The molecule has 7 rings (SSSR count). The molecule has 0 aliphatic rings. The summed E-state index contributed by atoms with van der Waals surface area (Å²) in [5.41, 5.74) is -0.350. The van der Waals surface area contributed by atoms with E-state index in [1.54, 1.807) is 31.2 Å². The molecule has 0 atom stereocenters. The first-order chi connectivity index (χ1) is 27.0. The molecular weight excluding hydrogens is 839 g/mol. The second-order valence-electron chi connectivity index (χ2n) is 11.7. The fourth-order valence-electron chi connectivity index (χ4n) is 5.49. The van der Waals surface area contributed by atoms with Crippen LogP contribution in [0.2, 0.25) is 0 Å². The first-order valence-electron chi connectivity index (χ1n) is 15.9. The van der Waals surface area contributed by atoms with Gasteiger partial charge in [0.25, 0.3) is 5.69 Å². The Labute approximate surface area is 342 Å². The van der Waals surface area contributed by atoms with Crippen LogP contribution in [0.4, 0.5) is 28.4 Å². The number of nitro benzene ring substituents is 1. The summed E-state index contributed by atoms with van der Waals surface area (Å²) in [6.45, 7) is 1.60. The van der Waals surface area contributed by atoms with Crippen LogP contribution < -0.4 is 20.4 Å². The standard InChI is InChI=1S/C20H14N2O8S2.C16H13N5O4.Cr/c23-14-9-8-11-4-3-7-16(31(25,26)27)18(11)20(14)22-21-19-13-6-2-1-5-12(13)17(10-15(19)24)32(28,29)30;1-10-15(16(23)20(19-10)11-5-3-2-4-6-11)18-17-13-8-7-12(21(24)25)9-14(13)22;/h1-10,23-24H,(H,25,26,27)(H,28,29,30);2-9,22-23H,1H3;/q;;+3/p-3. The number of hydrogen-bond donors (Lipinski definition) is 0. The summed E-state index contributed by atoms with van der Waals surface area (Å²) in [5, 5.41) is 78.9. The smallest absolute Gasteiger partial charge is 0.871 e. The Morgan fingerprint density at radius 3 is 1.90 bits per heavy atom. The number of azo groups is 2. The fourth-order valence-corrected chi connectivity index (χ4v) is 6.90. The molecule has 1 aromatic heterocycles. The van der Waals surface area contributed by atoms with Gasteiger partial charge < -0.3 is 29.5 Å². The number of hydrogen-bond acceptors (Lipinski definition) is 17. The molecule has 7 aromatic rings. The topological polar surface area (TPSA) is 317 Å². The molecule has 293 valence electrons. The van der Waals surface area contributed by atoms with E-state index in [1.165, 1.54) is 53.2 Å². The van der Waals surface area contributed by atoms with E-state index in [4.69, 9.17) is 0 Å². The van der Waals surface area contributed by atoms with Crippen LogP contribution in [0.5, 0.6) is 23.1 Å². The van der Waals surface area contributed by atoms with E-state index in [0.717, 1.165) is 24.3 Å². The van der Waals surface area contributed by atoms with Crippen molar-refractivity contribution < 1.29 is 72.9 Å². The zero-order valence-electron chi connectivity index (χ0n) is 32.1. The van der Waals surface area contributed by atoms with E-state index in [0.29, 0.717) is 17.4 Å². The Balaban J connectivity index is 0.000000404. The normalized spacial score (nSPS) is 11.8. The average Bonchev–Trinajstić information content (AvgIpc) is 3.45. The minimum Gasteiger partial charge on any atom is -0.871 e. The third kappa shape index (κ3) is 8.77. The number of nitrogens with zero attached hydrogens (tertiary/aromatic N) is 7. The molecule has 0 spiro atoms. The predicted octanol–water partition coefficient (Wildman–Crippen LogP) is 5.35. The molecule has 19 nitrogen and oxygen atoms in total. The number of nitro groups is 1. The second-order valence-corrected chi connectivity index (χ2v) is 14.4. The molecule has 6 aromatic carbocycles. The van der Waals surface area contributed by atoms with Crippen molar-refractivity contribution in [2.75, 3.05) is 0 Å². The average molecular weight is 863 g/mol. The van der Waals surface area contributed by atoms with Crippen molar-refractivity contribution in [3.8, 4) is 28.8 Å². The van der Waals surface area contributed by atoms with Crippen LogP contribution in [0.1, 0.15) is 9.97 Å². The molecule has 0 amide bonds. The van der Waals surface area contributed by atoms with Crippen molar-refractivity contribution in [1.82, 2.24) is 9.78 Å². The van der Waals surface area contributed by atoms with Gasteiger partial charge in [0.15, 0.2) is 0 Å². The second kappa shape index (κ2) is 16.7. The summed E-state index contributed by atoms with van der Waals surface area (Å²) in [6, 6.07) is 24.4. The number of aryl methyl sites for hydroxylation is 1. The first-order valence-corrected chi connectivity index (χ1v) is 18.8. The molecule has 0 bridgehead atoms. The van der Waals surface area contributed by atoms with Gasteiger partial charge in [-0.25, -0.2) is 21.5 Å². The van der Waals surface area contributed by atoms with Gasteiger partial charge in [0.1, 0.15) is 25.9 Å². The number of aromatic nitrogens is 2. The van der Waals surface area contributed by atoms with E-state index >= 15 is 0 Å². The Kier molecular flexibility index (Phi) is 12.2. The van der Waals surface area contributed by atoms with Crippen LogP contribution in [0, 0.1) is 17.0 Å². The van der Waals surface area contributed by atoms with Crippen molar-refractivity contribution in [1.29, 1.82) is 0 Å². The largest absolute Gasteiger partial charge is 3.00 e. The minimum absolute atomic E-state index is 0. The van der Waals surface area contributed by atoms with Gasteiger partial charge in [-0.2, -0.15) is 20.4 Å². The Morgan fingerprint density at radius 1 is 0.638 bits per heavy atom. The van der Waals surface area contributed by atoms with Gasteiger partial charge in [0.05, 0.1) is 43.2 Å². The third-order valence-corrected chi connectivity index (χ3v) is 9.83. The summed E-state index contributed by atoms with van der Waals surface area (Å²) in [5.74, 6) is -2.83. The zero-order chi connectivity index (χ0) is 41.2. The molecule has 0 N–H and O–H groups in total. The number of non-ortho nitro benzene ring substituents is 1. The molecule has 0 saturated heterocycles. The van der Waals surface area contributed by atoms with Gasteiger partial charge in [-0.05, 0) is 42.6 Å². The van der Waals surface area contributed by atoms with Crippen molar-refractivity contribution in [2.45, 2.75) is 16.7 Å². The number of para-hydroxylation sites is 1. The van der Waals surface area contributed by atoms with E-state index in [2.05, 4.69) is 25.6 Å². The quantitative estimate of drug-likeness (QED) is 0.0806. The maximum Gasteiger partial charge on any atom is 3.00 e. The maximum atomic E-state index is 12.5. The molecule has 1 radical (unpaired) electrons. The van der Waals surface area contributed by atoms with Gasteiger partial charge in [0, 0.05) is 34.2 Å². The summed E-state index contributed by atoms with van der Waals surface area (Å²) in [4.78, 5) is 8.55. The van der Waals surface area contributed by atoms with Gasteiger partial charge in [0.2, 0.25) is 0 Å². The van der Waals surface area contributed by atoms with Crippen molar-refractivity contribution in [2.24, 2.45) is 20.5 Å². The molecular formula is C36H24CrN7O12S2. The SMILES string of the molecule is Cc1nn(-c2ccccc2)c([O-])c1N=Nc1ccc([N+](=O)[O-])cc1[O-].O=S(=O)([O-])c1cc([O-])c(N=Nc2c([O-])ccc3cccc(S(=O)(=O)[O-])c23)c2ccccc12.[Cr+3].[H+].[H+].[H+]. The molecule has 0 aliphatic heterocycles. The van der Waals surface area contributed by atoms with E-state index in [9.17, 15) is 56.5 Å².